The van der Waals surface area contributed by atoms with Crippen LogP contribution in [0.3, 0.4) is 0 Å². The summed E-state index contributed by atoms with van der Waals surface area (Å²) in [5, 5.41) is 19.2. The maximum atomic E-state index is 9.46. The van der Waals surface area contributed by atoms with E-state index < -0.39 is 5.41 Å². The van der Waals surface area contributed by atoms with Gasteiger partial charge in [0.05, 0.1) is 28.4 Å². The number of fused-ring (bicyclic) bond motifs is 12. The highest BCUT2D eigenvalue weighted by Crippen LogP contribution is 2.53. The summed E-state index contributed by atoms with van der Waals surface area (Å²) in [5.41, 5.74) is 10.0. The van der Waals surface area contributed by atoms with E-state index in [1.807, 2.05) is 35.6 Å². The van der Waals surface area contributed by atoms with Gasteiger partial charge in [-0.1, -0.05) is 111 Å². The molecule has 12 rings (SSSR count). The lowest BCUT2D eigenvalue weighted by Gasteiger charge is -2.25. The summed E-state index contributed by atoms with van der Waals surface area (Å²) in [6, 6.07) is 58.8. The molecule has 57 heavy (non-hydrogen) atoms. The van der Waals surface area contributed by atoms with Crippen LogP contribution in [0.4, 0.5) is 0 Å². The number of nitriles is 1. The molecule has 1 aliphatic rings. The van der Waals surface area contributed by atoms with E-state index in [-0.39, 0.29) is 0 Å². The number of hydrogen-bond donors (Lipinski definition) is 0. The van der Waals surface area contributed by atoms with Crippen molar-refractivity contribution in [2.45, 2.75) is 19.3 Å². The van der Waals surface area contributed by atoms with Crippen LogP contribution in [0.2, 0.25) is 0 Å². The SMILES string of the molecule is CC1(C)c2cc(-c3ccc(C#N)cc3)ccc2-c2nc(-c3ccc4sc5ccccc5c4c3)nc(-n3c4cc5ccccc5cc4c4c5ccccc5ccc43)c21. The maximum Gasteiger partial charge on any atom is 0.162 e. The summed E-state index contributed by atoms with van der Waals surface area (Å²) in [7, 11) is 0. The van der Waals surface area contributed by atoms with Crippen LogP contribution in [0.25, 0.3) is 103 Å². The van der Waals surface area contributed by atoms with Crippen molar-refractivity contribution in [2.24, 2.45) is 0 Å². The van der Waals surface area contributed by atoms with Gasteiger partial charge in [-0.05, 0) is 98.9 Å². The Morgan fingerprint density at radius 1 is 0.561 bits per heavy atom. The summed E-state index contributed by atoms with van der Waals surface area (Å²) in [4.78, 5) is 11.2. The smallest absolute Gasteiger partial charge is 0.162 e. The minimum atomic E-state index is -0.439. The fourth-order valence-electron chi connectivity index (χ4n) is 9.40. The number of benzene rings is 8. The zero-order valence-corrected chi connectivity index (χ0v) is 32.0. The molecule has 0 radical (unpaired) electrons. The van der Waals surface area contributed by atoms with E-state index in [1.54, 1.807) is 0 Å². The molecule has 0 amide bonds. The molecule has 0 N–H and O–H groups in total. The predicted molar refractivity (Wildman–Crippen MR) is 237 cm³/mol. The number of rotatable bonds is 3. The molecule has 0 aliphatic heterocycles. The van der Waals surface area contributed by atoms with Crippen molar-refractivity contribution in [1.82, 2.24) is 14.5 Å². The second-order valence-electron chi connectivity index (χ2n) is 15.7. The highest BCUT2D eigenvalue weighted by atomic mass is 32.1. The van der Waals surface area contributed by atoms with Crippen LogP contribution in [0.15, 0.2) is 158 Å². The largest absolute Gasteiger partial charge is 0.293 e. The average molecular weight is 745 g/mol. The molecule has 3 heterocycles. The lowest BCUT2D eigenvalue weighted by atomic mass is 9.81. The molecule has 0 unspecified atom stereocenters. The standard InChI is InChI=1S/C52H32N4S/c1-52(2)42-27-35(31-17-15-30(29-53)16-18-31)19-22-39(42)49-48(52)51(55-50(54-49)36-21-24-46-40(26-36)38-13-7-8-14-45(38)57-46)56-43-23-20-32-9-5-6-12-37(32)47(43)41-25-33-10-3-4-11-34(33)28-44(41)56/h3-28H,1-2H3. The second-order valence-corrected chi connectivity index (χ2v) is 16.8. The van der Waals surface area contributed by atoms with Crippen LogP contribution in [0.1, 0.15) is 30.5 Å². The topological polar surface area (TPSA) is 54.5 Å². The number of thiophene rings is 1. The van der Waals surface area contributed by atoms with E-state index in [2.05, 4.69) is 158 Å². The van der Waals surface area contributed by atoms with Gasteiger partial charge in [0.25, 0.3) is 0 Å². The molecular formula is C52H32N4S. The highest BCUT2D eigenvalue weighted by Gasteiger charge is 2.41. The summed E-state index contributed by atoms with van der Waals surface area (Å²) in [6.45, 7) is 4.63. The fourth-order valence-corrected chi connectivity index (χ4v) is 10.5. The Kier molecular flexibility index (Phi) is 6.59. The Balaban J connectivity index is 1.19. The highest BCUT2D eigenvalue weighted by molar-refractivity contribution is 7.25. The molecule has 0 atom stereocenters. The third-order valence-electron chi connectivity index (χ3n) is 12.2. The molecule has 4 nitrogen and oxygen atoms in total. The van der Waals surface area contributed by atoms with E-state index in [1.165, 1.54) is 58.1 Å². The van der Waals surface area contributed by atoms with Gasteiger partial charge in [0.15, 0.2) is 5.82 Å². The molecule has 0 bridgehead atoms. The molecule has 0 saturated heterocycles. The molecular weight excluding hydrogens is 713 g/mol. The van der Waals surface area contributed by atoms with Crippen LogP contribution >= 0.6 is 11.3 Å². The second kappa shape index (κ2) is 11.7. The first-order valence-electron chi connectivity index (χ1n) is 19.3. The van der Waals surface area contributed by atoms with Gasteiger partial charge in [-0.15, -0.1) is 11.3 Å². The number of aromatic nitrogens is 3. The van der Waals surface area contributed by atoms with Crippen molar-refractivity contribution in [2.75, 3.05) is 0 Å². The van der Waals surface area contributed by atoms with Crippen molar-refractivity contribution in [3.63, 3.8) is 0 Å². The summed E-state index contributed by atoms with van der Waals surface area (Å²) in [6.07, 6.45) is 0. The third kappa shape index (κ3) is 4.59. The zero-order valence-electron chi connectivity index (χ0n) is 31.2. The molecule has 5 heteroatoms. The molecule has 0 fully saturated rings. The third-order valence-corrected chi connectivity index (χ3v) is 13.3. The van der Waals surface area contributed by atoms with Gasteiger partial charge in [-0.3, -0.25) is 4.57 Å². The summed E-state index contributed by atoms with van der Waals surface area (Å²) < 4.78 is 4.95. The van der Waals surface area contributed by atoms with Crippen molar-refractivity contribution in [3.8, 4) is 45.7 Å². The predicted octanol–water partition coefficient (Wildman–Crippen LogP) is 13.8. The Morgan fingerprint density at radius 2 is 1.26 bits per heavy atom. The molecule has 266 valence electrons. The van der Waals surface area contributed by atoms with Gasteiger partial charge in [0.1, 0.15) is 5.82 Å². The molecule has 0 spiro atoms. The molecule has 1 aliphatic carbocycles. The number of hydrogen-bond acceptors (Lipinski definition) is 4. The monoisotopic (exact) mass is 744 g/mol. The molecule has 0 saturated carbocycles. The van der Waals surface area contributed by atoms with Crippen LogP contribution in [0, 0.1) is 11.3 Å². The first-order valence-corrected chi connectivity index (χ1v) is 20.1. The van der Waals surface area contributed by atoms with Crippen molar-refractivity contribution in [1.29, 1.82) is 5.26 Å². The van der Waals surface area contributed by atoms with Gasteiger partial charge in [-0.2, -0.15) is 5.26 Å². The van der Waals surface area contributed by atoms with Gasteiger partial charge in [-0.25, -0.2) is 9.97 Å². The lowest BCUT2D eigenvalue weighted by molar-refractivity contribution is 0.651. The van der Waals surface area contributed by atoms with Crippen LogP contribution in [0.5, 0.6) is 0 Å². The Bertz CT molecular complexity index is 3560. The normalized spacial score (nSPS) is 13.2. The van der Waals surface area contributed by atoms with E-state index >= 15 is 0 Å². The quantitative estimate of drug-likeness (QED) is 0.181. The summed E-state index contributed by atoms with van der Waals surface area (Å²) >= 11 is 1.82. The number of nitrogens with zero attached hydrogens (tertiary/aromatic N) is 4. The van der Waals surface area contributed by atoms with E-state index in [4.69, 9.17) is 9.97 Å². The zero-order chi connectivity index (χ0) is 38.0. The van der Waals surface area contributed by atoms with Crippen molar-refractivity contribution < 1.29 is 0 Å². The van der Waals surface area contributed by atoms with Crippen molar-refractivity contribution in [3.05, 3.63) is 174 Å². The van der Waals surface area contributed by atoms with Gasteiger partial charge >= 0.3 is 0 Å². The Hall–Kier alpha value is -7.13. The Labute approximate surface area is 332 Å². The van der Waals surface area contributed by atoms with E-state index in [0.717, 1.165) is 50.4 Å². The molecule has 11 aromatic rings. The minimum Gasteiger partial charge on any atom is -0.293 e. The van der Waals surface area contributed by atoms with Crippen LogP contribution < -0.4 is 0 Å². The van der Waals surface area contributed by atoms with Crippen LogP contribution in [-0.2, 0) is 5.41 Å². The first-order chi connectivity index (χ1) is 27.9. The fraction of sp³-hybridized carbons (Fsp3) is 0.0577. The Morgan fingerprint density at radius 3 is 2.09 bits per heavy atom. The maximum absolute atomic E-state index is 9.46. The van der Waals surface area contributed by atoms with Gasteiger partial charge in [0, 0.05) is 53.1 Å². The lowest BCUT2D eigenvalue weighted by Crippen LogP contribution is -2.20. The van der Waals surface area contributed by atoms with Crippen LogP contribution in [-0.4, -0.2) is 14.5 Å². The first kappa shape index (κ1) is 32.1. The van der Waals surface area contributed by atoms with E-state index in [9.17, 15) is 5.26 Å². The van der Waals surface area contributed by atoms with Gasteiger partial charge in [0.2, 0.25) is 0 Å². The average Bonchev–Trinajstić information content (AvgIpc) is 3.87. The summed E-state index contributed by atoms with van der Waals surface area (Å²) in [5.74, 6) is 1.61. The van der Waals surface area contributed by atoms with Crippen molar-refractivity contribution >= 4 is 74.9 Å². The van der Waals surface area contributed by atoms with E-state index in [0.29, 0.717) is 11.4 Å². The minimum absolute atomic E-state index is 0.439. The molecule has 3 aromatic heterocycles. The molecule has 8 aromatic carbocycles. The van der Waals surface area contributed by atoms with Gasteiger partial charge < -0.3 is 0 Å².